The van der Waals surface area contributed by atoms with Crippen LogP contribution in [0.1, 0.15) is 53.1 Å². The van der Waals surface area contributed by atoms with Gasteiger partial charge in [-0.3, -0.25) is 24.6 Å². The summed E-state index contributed by atoms with van der Waals surface area (Å²) in [6.07, 6.45) is 3.59. The number of amides is 3. The molecule has 1 aromatic carbocycles. The van der Waals surface area contributed by atoms with Gasteiger partial charge in [0.25, 0.3) is 5.91 Å². The average Bonchev–Trinajstić information content (AvgIpc) is 2.98. The van der Waals surface area contributed by atoms with E-state index in [2.05, 4.69) is 16.3 Å². The zero-order valence-corrected chi connectivity index (χ0v) is 15.1. The molecule has 2 saturated heterocycles. The molecule has 3 aliphatic heterocycles. The number of likely N-dealkylation sites (tertiary alicyclic amines) is 1. The summed E-state index contributed by atoms with van der Waals surface area (Å²) in [6.45, 7) is 2.72. The van der Waals surface area contributed by atoms with Gasteiger partial charge in [-0.25, -0.2) is 0 Å². The van der Waals surface area contributed by atoms with Gasteiger partial charge in [-0.15, -0.1) is 0 Å². The van der Waals surface area contributed by atoms with Crippen LogP contribution in [0.2, 0.25) is 0 Å². The van der Waals surface area contributed by atoms with Gasteiger partial charge >= 0.3 is 0 Å². The van der Waals surface area contributed by atoms with E-state index in [0.29, 0.717) is 31.0 Å². The number of nitrogens with zero attached hydrogens (tertiary/aromatic N) is 2. The van der Waals surface area contributed by atoms with Crippen LogP contribution in [0, 0.1) is 0 Å². The summed E-state index contributed by atoms with van der Waals surface area (Å²) in [5.74, 6) is -0.358. The number of rotatable bonds is 4. The van der Waals surface area contributed by atoms with E-state index in [1.54, 1.807) is 4.90 Å². The Morgan fingerprint density at radius 2 is 1.89 bits per heavy atom. The fourth-order valence-corrected chi connectivity index (χ4v) is 4.40. The largest absolute Gasteiger partial charge is 0.322 e. The van der Waals surface area contributed by atoms with Gasteiger partial charge in [-0.1, -0.05) is 12.1 Å². The zero-order chi connectivity index (χ0) is 19.0. The van der Waals surface area contributed by atoms with E-state index in [-0.39, 0.29) is 24.1 Å². The van der Waals surface area contributed by atoms with Crippen LogP contribution in [-0.4, -0.2) is 59.5 Å². The summed E-state index contributed by atoms with van der Waals surface area (Å²) < 4.78 is 0. The minimum Gasteiger partial charge on any atom is -0.322 e. The molecule has 2 fully saturated rings. The number of carbonyl (C=O) groups excluding carboxylic acids is 4. The standard InChI is InChI=1S/C20H23N3O4/c24-10-9-22-7-5-13(6-8-22)14-1-2-16-15(11-14)12-23(20(16)27)17-3-4-18(25)21-19(17)26/h1-2,10-11,13,17H,3-9,12H2,(H,21,25,26). The maximum atomic E-state index is 12.7. The number of fused-ring (bicyclic) bond motifs is 1. The molecule has 0 aromatic heterocycles. The van der Waals surface area contributed by atoms with Gasteiger partial charge in [-0.05, 0) is 55.5 Å². The van der Waals surface area contributed by atoms with Crippen LogP contribution in [0.4, 0.5) is 0 Å². The molecule has 27 heavy (non-hydrogen) atoms. The van der Waals surface area contributed by atoms with Crippen LogP contribution in [0.25, 0.3) is 0 Å². The molecular formula is C20H23N3O4. The summed E-state index contributed by atoms with van der Waals surface area (Å²) in [4.78, 5) is 50.6. The molecule has 0 radical (unpaired) electrons. The van der Waals surface area contributed by atoms with Crippen LogP contribution in [0.3, 0.4) is 0 Å². The van der Waals surface area contributed by atoms with Crippen LogP contribution >= 0.6 is 0 Å². The van der Waals surface area contributed by atoms with Crippen molar-refractivity contribution < 1.29 is 19.2 Å². The minimum absolute atomic E-state index is 0.133. The summed E-state index contributed by atoms with van der Waals surface area (Å²) in [7, 11) is 0. The quantitative estimate of drug-likeness (QED) is 0.627. The molecule has 1 aromatic rings. The highest BCUT2D eigenvalue weighted by Crippen LogP contribution is 2.33. The highest BCUT2D eigenvalue weighted by atomic mass is 16.2. The predicted molar refractivity (Wildman–Crippen MR) is 97.0 cm³/mol. The number of imide groups is 1. The third-order valence-electron chi connectivity index (χ3n) is 5.94. The summed E-state index contributed by atoms with van der Waals surface area (Å²) in [5.41, 5.74) is 2.83. The maximum absolute atomic E-state index is 12.7. The van der Waals surface area contributed by atoms with Crippen LogP contribution in [0.5, 0.6) is 0 Å². The van der Waals surface area contributed by atoms with Crippen molar-refractivity contribution in [2.24, 2.45) is 0 Å². The van der Waals surface area contributed by atoms with Gasteiger partial charge < -0.3 is 9.69 Å². The molecule has 0 saturated carbocycles. The molecule has 0 bridgehead atoms. The Kier molecular flexibility index (Phi) is 4.78. The molecule has 0 spiro atoms. The molecule has 7 nitrogen and oxygen atoms in total. The molecule has 142 valence electrons. The van der Waals surface area contributed by atoms with Crippen LogP contribution in [0.15, 0.2) is 18.2 Å². The van der Waals surface area contributed by atoms with Crippen molar-refractivity contribution in [3.8, 4) is 0 Å². The lowest BCUT2D eigenvalue weighted by Gasteiger charge is -2.31. The lowest BCUT2D eigenvalue weighted by Crippen LogP contribution is -2.52. The lowest BCUT2D eigenvalue weighted by atomic mass is 9.88. The van der Waals surface area contributed by atoms with Crippen molar-refractivity contribution in [3.63, 3.8) is 0 Å². The Labute approximate surface area is 157 Å². The Morgan fingerprint density at radius 1 is 1.11 bits per heavy atom. The van der Waals surface area contributed by atoms with Gasteiger partial charge in [0, 0.05) is 18.5 Å². The second-order valence-corrected chi connectivity index (χ2v) is 7.56. The fourth-order valence-electron chi connectivity index (χ4n) is 4.40. The van der Waals surface area contributed by atoms with E-state index in [4.69, 9.17) is 0 Å². The molecule has 3 heterocycles. The van der Waals surface area contributed by atoms with Gasteiger partial charge in [0.05, 0.1) is 6.54 Å². The second-order valence-electron chi connectivity index (χ2n) is 7.56. The minimum atomic E-state index is -0.572. The third-order valence-corrected chi connectivity index (χ3v) is 5.94. The molecule has 3 amide bonds. The van der Waals surface area contributed by atoms with Crippen molar-refractivity contribution in [3.05, 3.63) is 34.9 Å². The number of aldehydes is 1. The van der Waals surface area contributed by atoms with E-state index in [0.717, 1.165) is 37.8 Å². The lowest BCUT2D eigenvalue weighted by molar-refractivity contribution is -0.136. The summed E-state index contributed by atoms with van der Waals surface area (Å²) in [5, 5.41) is 2.33. The van der Waals surface area contributed by atoms with Crippen molar-refractivity contribution in [1.29, 1.82) is 0 Å². The Morgan fingerprint density at radius 3 is 2.59 bits per heavy atom. The van der Waals surface area contributed by atoms with Crippen molar-refractivity contribution >= 4 is 24.0 Å². The average molecular weight is 369 g/mol. The molecule has 0 aliphatic carbocycles. The Hall–Kier alpha value is -2.54. The number of carbonyl (C=O) groups is 4. The van der Waals surface area contributed by atoms with Crippen molar-refractivity contribution in [1.82, 2.24) is 15.1 Å². The smallest absolute Gasteiger partial charge is 0.255 e. The molecule has 3 aliphatic rings. The van der Waals surface area contributed by atoms with Crippen LogP contribution in [-0.2, 0) is 20.9 Å². The second kappa shape index (κ2) is 7.23. The molecule has 1 unspecified atom stereocenters. The predicted octanol–water partition coefficient (Wildman–Crippen LogP) is 0.826. The van der Waals surface area contributed by atoms with Crippen molar-refractivity contribution in [2.75, 3.05) is 19.6 Å². The first kappa shape index (κ1) is 17.9. The SMILES string of the molecule is O=CCN1CCC(c2ccc3c(c2)CN(C2CCC(=O)NC2=O)C3=O)CC1. The van der Waals surface area contributed by atoms with E-state index >= 15 is 0 Å². The van der Waals surface area contributed by atoms with E-state index in [1.807, 2.05) is 12.1 Å². The highest BCUT2D eigenvalue weighted by Gasteiger charge is 2.39. The first-order valence-electron chi connectivity index (χ1n) is 9.50. The summed E-state index contributed by atoms with van der Waals surface area (Å²) >= 11 is 0. The number of hydrogen-bond acceptors (Lipinski definition) is 5. The molecule has 1 atom stereocenters. The molecule has 7 heteroatoms. The molecule has 4 rings (SSSR count). The normalized spacial score (nSPS) is 24.1. The van der Waals surface area contributed by atoms with Gasteiger partial charge in [0.15, 0.2) is 0 Å². The Balaban J connectivity index is 1.47. The third kappa shape index (κ3) is 3.39. The van der Waals surface area contributed by atoms with Crippen molar-refractivity contribution in [2.45, 2.75) is 44.2 Å². The number of hydrogen-bond donors (Lipinski definition) is 1. The Bertz CT molecular complexity index is 798. The van der Waals surface area contributed by atoms with Gasteiger partial charge in [0.1, 0.15) is 12.3 Å². The van der Waals surface area contributed by atoms with E-state index < -0.39 is 6.04 Å². The topological polar surface area (TPSA) is 86.8 Å². The summed E-state index contributed by atoms with van der Waals surface area (Å²) in [6, 6.07) is 5.42. The number of benzene rings is 1. The van der Waals surface area contributed by atoms with E-state index in [1.165, 1.54) is 5.56 Å². The monoisotopic (exact) mass is 369 g/mol. The number of piperidine rings is 2. The molecule has 1 N–H and O–H groups in total. The van der Waals surface area contributed by atoms with E-state index in [9.17, 15) is 19.2 Å². The van der Waals surface area contributed by atoms with Crippen LogP contribution < -0.4 is 5.32 Å². The van der Waals surface area contributed by atoms with Gasteiger partial charge in [-0.2, -0.15) is 0 Å². The maximum Gasteiger partial charge on any atom is 0.255 e. The first-order valence-corrected chi connectivity index (χ1v) is 9.50. The zero-order valence-electron chi connectivity index (χ0n) is 15.1. The first-order chi connectivity index (χ1) is 13.1. The molecular weight excluding hydrogens is 346 g/mol. The number of nitrogens with one attached hydrogen (secondary N) is 1. The highest BCUT2D eigenvalue weighted by molar-refractivity contribution is 6.05. The van der Waals surface area contributed by atoms with Gasteiger partial charge in [0.2, 0.25) is 11.8 Å². The fraction of sp³-hybridized carbons (Fsp3) is 0.500.